The second kappa shape index (κ2) is 12.8. The first kappa shape index (κ1) is 32.0. The van der Waals surface area contributed by atoms with Gasteiger partial charge in [-0.1, -0.05) is 78.3 Å². The van der Waals surface area contributed by atoms with Crippen LogP contribution in [0.1, 0.15) is 54.8 Å². The number of aromatic hydroxyl groups is 2. The number of benzene rings is 6. The molecular formula is C40H32ClNO7. The number of carbonyl (C=O) groups is 2. The predicted octanol–water partition coefficient (Wildman–Crippen LogP) is 8.65. The van der Waals surface area contributed by atoms with E-state index in [9.17, 15) is 30.0 Å². The summed E-state index contributed by atoms with van der Waals surface area (Å²) in [6.07, 6.45) is -0.0407. The van der Waals surface area contributed by atoms with Crippen molar-refractivity contribution in [3.05, 3.63) is 142 Å². The Balaban J connectivity index is 0.000000165. The van der Waals surface area contributed by atoms with E-state index in [1.807, 2.05) is 18.2 Å². The third-order valence-electron chi connectivity index (χ3n) is 9.48. The Bertz CT molecular complexity index is 2180. The van der Waals surface area contributed by atoms with Crippen LogP contribution in [0.15, 0.2) is 103 Å². The van der Waals surface area contributed by atoms with Crippen LogP contribution in [0.5, 0.6) is 23.0 Å². The molecule has 0 amide bonds. The van der Waals surface area contributed by atoms with Crippen molar-refractivity contribution in [2.45, 2.75) is 18.3 Å². The largest absolute Gasteiger partial charge is 0.507 e. The number of nitrogens with zero attached hydrogens (tertiary/aromatic N) is 1. The molecule has 0 radical (unpaired) electrons. The quantitative estimate of drug-likeness (QED) is 0.146. The maximum Gasteiger partial charge on any atom is 0.339 e. The molecule has 246 valence electrons. The smallest absolute Gasteiger partial charge is 0.339 e. The summed E-state index contributed by atoms with van der Waals surface area (Å²) in [5.74, 6) is -0.483. The molecule has 2 atom stereocenters. The van der Waals surface area contributed by atoms with Crippen molar-refractivity contribution in [1.29, 1.82) is 0 Å². The number of phenols is 2. The van der Waals surface area contributed by atoms with Gasteiger partial charge in [-0.05, 0) is 70.6 Å². The number of carboxylic acids is 2. The average Bonchev–Trinajstić information content (AvgIpc) is 3.43. The number of aromatic carboxylic acids is 2. The third kappa shape index (κ3) is 5.90. The Morgan fingerprint density at radius 3 is 1.76 bits per heavy atom. The van der Waals surface area contributed by atoms with Gasteiger partial charge in [-0.15, -0.1) is 0 Å². The number of hydrogen-bond acceptors (Lipinski definition) is 6. The van der Waals surface area contributed by atoms with Crippen LogP contribution in [0, 0.1) is 0 Å². The van der Waals surface area contributed by atoms with E-state index in [0.29, 0.717) is 44.5 Å². The van der Waals surface area contributed by atoms with Crippen molar-refractivity contribution in [2.24, 2.45) is 0 Å². The number of likely N-dealkylation sites (N-methyl/N-ethyl adjacent to an activating group) is 1. The summed E-state index contributed by atoms with van der Waals surface area (Å²) in [6, 6.07) is 31.1. The zero-order chi connectivity index (χ0) is 34.4. The molecule has 8 rings (SSSR count). The highest BCUT2D eigenvalue weighted by atomic mass is 35.5. The van der Waals surface area contributed by atoms with Crippen LogP contribution in [0.3, 0.4) is 0 Å². The van der Waals surface area contributed by atoms with Crippen LogP contribution >= 0.6 is 11.6 Å². The van der Waals surface area contributed by atoms with Gasteiger partial charge in [0.25, 0.3) is 0 Å². The summed E-state index contributed by atoms with van der Waals surface area (Å²) in [6.45, 7) is 2.12. The second-order valence-electron chi connectivity index (χ2n) is 12.5. The maximum absolute atomic E-state index is 11.6. The van der Waals surface area contributed by atoms with Crippen LogP contribution in [0.25, 0.3) is 21.5 Å². The van der Waals surface area contributed by atoms with Crippen LogP contribution < -0.4 is 4.74 Å². The summed E-state index contributed by atoms with van der Waals surface area (Å²) in [5, 5.41) is 43.6. The number of likely N-dealkylation sites (tertiary alicyclic amines) is 1. The van der Waals surface area contributed by atoms with Gasteiger partial charge >= 0.3 is 11.9 Å². The number of para-hydroxylation sites is 1. The number of ether oxygens (including phenoxy) is 1. The standard InChI is InChI=1S/C23H16O6.C17H16ClNO/c24-20-16(14-7-3-1-5-12(14)9-18(20)22(26)27)11-17-15-8-4-2-6-13(15)10-19(21(17)25)23(28)29;1-19-9-14-12-4-2-3-5-16(12)20-17-7-6-11(18)8-13(17)15(14)10-19/h1-10,24-25H,11H2,(H,26,27)(H,28,29);2-8,14-15H,9-10H2,1H3/t;14-,15-/m.1/s1. The van der Waals surface area contributed by atoms with Crippen molar-refractivity contribution in [1.82, 2.24) is 4.90 Å². The fourth-order valence-corrected chi connectivity index (χ4v) is 7.40. The molecule has 8 nitrogen and oxygen atoms in total. The first-order chi connectivity index (χ1) is 23.6. The topological polar surface area (TPSA) is 128 Å². The minimum atomic E-state index is -1.28. The highest BCUT2D eigenvalue weighted by Gasteiger charge is 2.38. The van der Waals surface area contributed by atoms with Gasteiger partial charge in [0, 0.05) is 53.1 Å². The van der Waals surface area contributed by atoms with Crippen LogP contribution in [0.4, 0.5) is 0 Å². The second-order valence-corrected chi connectivity index (χ2v) is 12.9. The molecular weight excluding hydrogens is 642 g/mol. The molecule has 4 N–H and O–H groups in total. The van der Waals surface area contributed by atoms with Gasteiger partial charge in [0.2, 0.25) is 0 Å². The van der Waals surface area contributed by atoms with Crippen molar-refractivity contribution in [3.8, 4) is 23.0 Å². The summed E-state index contributed by atoms with van der Waals surface area (Å²) in [4.78, 5) is 25.6. The first-order valence-electron chi connectivity index (χ1n) is 15.8. The van der Waals surface area contributed by atoms with Crippen LogP contribution in [-0.2, 0) is 6.42 Å². The molecule has 0 saturated carbocycles. The van der Waals surface area contributed by atoms with E-state index >= 15 is 0 Å². The Morgan fingerprint density at radius 1 is 0.694 bits per heavy atom. The lowest BCUT2D eigenvalue weighted by molar-refractivity contribution is 0.0682. The summed E-state index contributed by atoms with van der Waals surface area (Å²) in [7, 11) is 2.18. The summed E-state index contributed by atoms with van der Waals surface area (Å²) >= 11 is 6.20. The van der Waals surface area contributed by atoms with Gasteiger partial charge < -0.3 is 30.1 Å². The van der Waals surface area contributed by atoms with Crippen molar-refractivity contribution in [3.63, 3.8) is 0 Å². The Labute approximate surface area is 287 Å². The molecule has 0 aromatic heterocycles. The Kier molecular flexibility index (Phi) is 8.36. The third-order valence-corrected chi connectivity index (χ3v) is 9.72. The van der Waals surface area contributed by atoms with Crippen molar-refractivity contribution < 1.29 is 34.8 Å². The lowest BCUT2D eigenvalue weighted by Crippen LogP contribution is -2.14. The highest BCUT2D eigenvalue weighted by Crippen LogP contribution is 2.50. The normalized spacial score (nSPS) is 16.4. The molecule has 0 spiro atoms. The minimum absolute atomic E-state index is 0.0407. The van der Waals surface area contributed by atoms with E-state index in [4.69, 9.17) is 16.3 Å². The molecule has 1 saturated heterocycles. The van der Waals surface area contributed by atoms with Crippen LogP contribution in [0.2, 0.25) is 5.02 Å². The number of fused-ring (bicyclic) bond motifs is 7. The number of rotatable bonds is 4. The molecule has 1 fully saturated rings. The van der Waals surface area contributed by atoms with Crippen LogP contribution in [-0.4, -0.2) is 57.4 Å². The molecule has 9 heteroatoms. The number of halogens is 1. The van der Waals surface area contributed by atoms with E-state index in [-0.39, 0.29) is 17.5 Å². The van der Waals surface area contributed by atoms with E-state index in [2.05, 4.69) is 36.2 Å². The molecule has 2 aliphatic rings. The van der Waals surface area contributed by atoms with Gasteiger partial charge in [0.05, 0.1) is 0 Å². The molecule has 0 bridgehead atoms. The minimum Gasteiger partial charge on any atom is -0.507 e. The van der Waals surface area contributed by atoms with E-state index in [0.717, 1.165) is 29.6 Å². The van der Waals surface area contributed by atoms with Crippen molar-refractivity contribution in [2.75, 3.05) is 20.1 Å². The fourth-order valence-electron chi connectivity index (χ4n) is 7.22. The first-order valence-corrected chi connectivity index (χ1v) is 16.2. The predicted molar refractivity (Wildman–Crippen MR) is 189 cm³/mol. The highest BCUT2D eigenvalue weighted by molar-refractivity contribution is 6.30. The van der Waals surface area contributed by atoms with Gasteiger partial charge in [0.1, 0.15) is 34.1 Å². The molecule has 0 unspecified atom stereocenters. The number of carboxylic acid groups (broad SMARTS) is 2. The molecule has 6 aromatic carbocycles. The molecule has 6 aromatic rings. The van der Waals surface area contributed by atoms with Gasteiger partial charge in [0.15, 0.2) is 0 Å². The van der Waals surface area contributed by atoms with E-state index in [1.54, 1.807) is 48.5 Å². The van der Waals surface area contributed by atoms with Gasteiger partial charge in [-0.3, -0.25) is 0 Å². The fraction of sp³-hybridized carbons (Fsp3) is 0.150. The SMILES string of the molecule is CN1C[C@@H]2c3ccccc3Oc3ccc(Cl)cc3[C@H]2C1.O=C(O)c1cc2ccccc2c(Cc2c(O)c(C(=O)O)cc3ccccc23)c1O. The van der Waals surface area contributed by atoms with Gasteiger partial charge in [-0.2, -0.15) is 0 Å². The monoisotopic (exact) mass is 673 g/mol. The van der Waals surface area contributed by atoms with Gasteiger partial charge in [-0.25, -0.2) is 9.59 Å². The van der Waals surface area contributed by atoms with Crippen molar-refractivity contribution >= 4 is 45.1 Å². The molecule has 2 heterocycles. The number of hydrogen-bond donors (Lipinski definition) is 4. The Hall–Kier alpha value is -5.57. The zero-order valence-corrected chi connectivity index (χ0v) is 27.2. The average molecular weight is 674 g/mol. The lowest BCUT2D eigenvalue weighted by Gasteiger charge is -2.17. The summed E-state index contributed by atoms with van der Waals surface area (Å²) < 4.78 is 6.15. The molecule has 49 heavy (non-hydrogen) atoms. The zero-order valence-electron chi connectivity index (χ0n) is 26.4. The van der Waals surface area contributed by atoms with E-state index < -0.39 is 23.4 Å². The molecule has 0 aliphatic carbocycles. The molecule has 2 aliphatic heterocycles. The maximum atomic E-state index is 11.6. The summed E-state index contributed by atoms with van der Waals surface area (Å²) in [5.41, 5.74) is 2.66. The van der Waals surface area contributed by atoms with E-state index in [1.165, 1.54) is 23.3 Å². The lowest BCUT2D eigenvalue weighted by atomic mass is 9.84. The Morgan fingerprint density at radius 2 is 1.18 bits per heavy atom.